The maximum Gasteiger partial charge on any atom is 0.266 e. The van der Waals surface area contributed by atoms with Gasteiger partial charge in [0.05, 0.1) is 13.2 Å². The van der Waals surface area contributed by atoms with Crippen molar-refractivity contribution in [3.63, 3.8) is 0 Å². The SMILES string of the molecule is C=CCC1CCC(C2OCC(C3CCC(CCC=C(F)F)CC3)CO2)CC1. The lowest BCUT2D eigenvalue weighted by Gasteiger charge is -2.41. The molecule has 0 aromatic rings. The molecule has 2 nitrogen and oxygen atoms in total. The lowest BCUT2D eigenvalue weighted by molar-refractivity contribution is -0.237. The quantitative estimate of drug-likeness (QED) is 0.455. The largest absolute Gasteiger partial charge is 0.352 e. The van der Waals surface area contributed by atoms with Crippen LogP contribution >= 0.6 is 0 Å². The molecule has 1 saturated heterocycles. The number of hydrogen-bond donors (Lipinski definition) is 0. The number of rotatable bonds is 7. The molecule has 3 rings (SSSR count). The second kappa shape index (κ2) is 10.7. The lowest BCUT2D eigenvalue weighted by atomic mass is 9.74. The van der Waals surface area contributed by atoms with Crippen molar-refractivity contribution in [2.45, 2.75) is 76.9 Å². The molecule has 0 bridgehead atoms. The van der Waals surface area contributed by atoms with Crippen molar-refractivity contribution in [1.82, 2.24) is 0 Å². The molecule has 0 atom stereocenters. The number of hydrogen-bond acceptors (Lipinski definition) is 2. The van der Waals surface area contributed by atoms with Crippen molar-refractivity contribution in [1.29, 1.82) is 0 Å². The molecule has 0 amide bonds. The van der Waals surface area contributed by atoms with Gasteiger partial charge in [-0.25, -0.2) is 0 Å². The summed E-state index contributed by atoms with van der Waals surface area (Å²) in [4.78, 5) is 0. The van der Waals surface area contributed by atoms with Crippen LogP contribution in [0.25, 0.3) is 0 Å². The van der Waals surface area contributed by atoms with Crippen LogP contribution < -0.4 is 0 Å². The monoisotopic (exact) mass is 382 g/mol. The van der Waals surface area contributed by atoms with Gasteiger partial charge in [-0.15, -0.1) is 6.58 Å². The van der Waals surface area contributed by atoms with Crippen LogP contribution in [0.1, 0.15) is 70.6 Å². The first-order chi connectivity index (χ1) is 13.2. The van der Waals surface area contributed by atoms with Crippen molar-refractivity contribution in [2.75, 3.05) is 13.2 Å². The molecule has 3 fully saturated rings. The molecule has 1 heterocycles. The minimum atomic E-state index is -1.54. The zero-order valence-corrected chi connectivity index (χ0v) is 16.6. The van der Waals surface area contributed by atoms with E-state index < -0.39 is 6.08 Å². The highest BCUT2D eigenvalue weighted by Gasteiger charge is 2.35. The van der Waals surface area contributed by atoms with Crippen LogP contribution in [0.15, 0.2) is 24.8 Å². The summed E-state index contributed by atoms with van der Waals surface area (Å²) >= 11 is 0. The third-order valence-electron chi connectivity index (χ3n) is 7.16. The average Bonchev–Trinajstić information content (AvgIpc) is 2.69. The van der Waals surface area contributed by atoms with Crippen LogP contribution in [0, 0.1) is 29.6 Å². The molecule has 0 unspecified atom stereocenters. The Morgan fingerprint density at radius 3 is 2.00 bits per heavy atom. The molecular formula is C23H36F2O2. The summed E-state index contributed by atoms with van der Waals surface area (Å²) in [6.45, 7) is 5.53. The number of allylic oxidation sites excluding steroid dienone is 2. The topological polar surface area (TPSA) is 18.5 Å². The summed E-state index contributed by atoms with van der Waals surface area (Å²) in [5.74, 6) is 3.18. The Morgan fingerprint density at radius 2 is 1.41 bits per heavy atom. The predicted molar refractivity (Wildman–Crippen MR) is 104 cm³/mol. The average molecular weight is 383 g/mol. The Balaban J connectivity index is 1.33. The number of halogens is 2. The number of ether oxygens (including phenoxy) is 2. The van der Waals surface area contributed by atoms with Crippen LogP contribution in [0.5, 0.6) is 0 Å². The first-order valence-corrected chi connectivity index (χ1v) is 11.0. The van der Waals surface area contributed by atoms with Gasteiger partial charge >= 0.3 is 0 Å². The molecule has 1 aliphatic heterocycles. The van der Waals surface area contributed by atoms with Crippen LogP contribution in [0.2, 0.25) is 0 Å². The van der Waals surface area contributed by atoms with E-state index in [1.165, 1.54) is 51.4 Å². The highest BCUT2D eigenvalue weighted by molar-refractivity contribution is 4.85. The van der Waals surface area contributed by atoms with E-state index in [0.717, 1.165) is 38.0 Å². The summed E-state index contributed by atoms with van der Waals surface area (Å²) in [7, 11) is 0. The van der Waals surface area contributed by atoms with Crippen molar-refractivity contribution in [2.24, 2.45) is 29.6 Å². The van der Waals surface area contributed by atoms with E-state index in [4.69, 9.17) is 9.47 Å². The van der Waals surface area contributed by atoms with Gasteiger partial charge in [-0.3, -0.25) is 0 Å². The third kappa shape index (κ3) is 6.39. The van der Waals surface area contributed by atoms with Gasteiger partial charge in [0.2, 0.25) is 0 Å². The highest BCUT2D eigenvalue weighted by atomic mass is 19.3. The van der Waals surface area contributed by atoms with Crippen LogP contribution in [0.4, 0.5) is 8.78 Å². The van der Waals surface area contributed by atoms with Gasteiger partial charge in [-0.05, 0) is 81.6 Å². The molecule has 0 spiro atoms. The van der Waals surface area contributed by atoms with Gasteiger partial charge in [-0.1, -0.05) is 18.9 Å². The molecule has 0 radical (unpaired) electrons. The van der Waals surface area contributed by atoms with E-state index in [2.05, 4.69) is 6.58 Å². The van der Waals surface area contributed by atoms with Gasteiger partial charge in [0.25, 0.3) is 6.08 Å². The smallest absolute Gasteiger partial charge is 0.266 e. The maximum atomic E-state index is 12.1. The van der Waals surface area contributed by atoms with E-state index in [-0.39, 0.29) is 6.29 Å². The van der Waals surface area contributed by atoms with E-state index in [9.17, 15) is 8.78 Å². The molecule has 0 aromatic carbocycles. The molecular weight excluding hydrogens is 346 g/mol. The highest BCUT2D eigenvalue weighted by Crippen LogP contribution is 2.39. The summed E-state index contributed by atoms with van der Waals surface area (Å²) in [5, 5.41) is 0. The lowest BCUT2D eigenvalue weighted by Crippen LogP contribution is -2.41. The van der Waals surface area contributed by atoms with Gasteiger partial charge < -0.3 is 9.47 Å². The Labute approximate surface area is 163 Å². The first-order valence-electron chi connectivity index (χ1n) is 11.0. The van der Waals surface area contributed by atoms with Gasteiger partial charge in [0.15, 0.2) is 6.29 Å². The summed E-state index contributed by atoms with van der Waals surface area (Å²) in [6, 6.07) is 0. The second-order valence-electron chi connectivity index (χ2n) is 8.95. The fraction of sp³-hybridized carbons (Fsp3) is 0.826. The van der Waals surface area contributed by atoms with Crippen molar-refractivity contribution in [3.8, 4) is 0 Å². The molecule has 154 valence electrons. The normalized spacial score (nSPS) is 37.6. The first kappa shape index (κ1) is 21.0. The molecule has 27 heavy (non-hydrogen) atoms. The molecule has 2 aliphatic carbocycles. The maximum absolute atomic E-state index is 12.1. The van der Waals surface area contributed by atoms with Crippen molar-refractivity contribution in [3.05, 3.63) is 24.8 Å². The van der Waals surface area contributed by atoms with Crippen LogP contribution in [0.3, 0.4) is 0 Å². The predicted octanol–water partition coefficient (Wildman–Crippen LogP) is 6.73. The van der Waals surface area contributed by atoms with Crippen molar-refractivity contribution >= 4 is 0 Å². The minimum Gasteiger partial charge on any atom is -0.352 e. The Bertz CT molecular complexity index is 465. The zero-order chi connectivity index (χ0) is 19.1. The van der Waals surface area contributed by atoms with Crippen LogP contribution in [-0.4, -0.2) is 19.5 Å². The third-order valence-corrected chi connectivity index (χ3v) is 7.16. The molecule has 4 heteroatoms. The molecule has 0 N–H and O–H groups in total. The van der Waals surface area contributed by atoms with E-state index >= 15 is 0 Å². The molecule has 2 saturated carbocycles. The second-order valence-corrected chi connectivity index (χ2v) is 8.95. The summed E-state index contributed by atoms with van der Waals surface area (Å²) < 4.78 is 36.6. The van der Waals surface area contributed by atoms with E-state index in [1.807, 2.05) is 6.08 Å². The van der Waals surface area contributed by atoms with Gasteiger partial charge in [0, 0.05) is 11.8 Å². The fourth-order valence-corrected chi connectivity index (χ4v) is 5.39. The summed E-state index contributed by atoms with van der Waals surface area (Å²) in [5.41, 5.74) is 0. The van der Waals surface area contributed by atoms with Crippen LogP contribution in [-0.2, 0) is 9.47 Å². The minimum absolute atomic E-state index is 0.00431. The van der Waals surface area contributed by atoms with E-state index in [0.29, 0.717) is 30.1 Å². The standard InChI is InChI=1S/C23H36F2O2/c1-2-4-17-9-13-20(14-10-17)23-26-15-21(16-27-23)19-11-7-18(8-12-19)5-3-6-22(24)25/h2,6,17-21,23H,1,3-5,7-16H2. The summed E-state index contributed by atoms with van der Waals surface area (Å²) in [6.07, 6.45) is 13.8. The molecule has 0 aromatic heterocycles. The Hall–Kier alpha value is -0.740. The van der Waals surface area contributed by atoms with E-state index in [1.54, 1.807) is 0 Å². The Kier molecular flexibility index (Phi) is 8.32. The fourth-order valence-electron chi connectivity index (χ4n) is 5.39. The Morgan fingerprint density at radius 1 is 0.815 bits per heavy atom. The van der Waals surface area contributed by atoms with Crippen molar-refractivity contribution < 1.29 is 18.3 Å². The zero-order valence-electron chi connectivity index (χ0n) is 16.6. The van der Waals surface area contributed by atoms with Gasteiger partial charge in [0.1, 0.15) is 0 Å². The van der Waals surface area contributed by atoms with Gasteiger partial charge in [-0.2, -0.15) is 8.78 Å². The molecule has 3 aliphatic rings.